The predicted molar refractivity (Wildman–Crippen MR) is 65.7 cm³/mol. The van der Waals surface area contributed by atoms with Gasteiger partial charge in [-0.05, 0) is 26.8 Å². The molecule has 0 aliphatic rings. The van der Waals surface area contributed by atoms with Crippen LogP contribution in [0.1, 0.15) is 41.5 Å². The fourth-order valence-corrected chi connectivity index (χ4v) is 1.39. The summed E-state index contributed by atoms with van der Waals surface area (Å²) in [4.78, 5) is 22.3. The molecule has 0 N–H and O–H groups in total. The number of carbonyl (C=O) groups is 2. The summed E-state index contributed by atoms with van der Waals surface area (Å²) in [6.07, 6.45) is 0.263. The van der Waals surface area contributed by atoms with Crippen LogP contribution in [0.3, 0.4) is 0 Å². The molecule has 3 nitrogen and oxygen atoms in total. The maximum Gasteiger partial charge on any atom is 1.00 e. The molecule has 0 atom stereocenters. The van der Waals surface area contributed by atoms with Crippen LogP contribution in [0.15, 0.2) is 18.2 Å². The van der Waals surface area contributed by atoms with Crippen molar-refractivity contribution in [1.82, 2.24) is 0 Å². The second-order valence-corrected chi connectivity index (χ2v) is 5.08. The first-order chi connectivity index (χ1) is 8.53. The summed E-state index contributed by atoms with van der Waals surface area (Å²) in [6.45, 7) is -0.483. The fourth-order valence-electron chi connectivity index (χ4n) is 1.39. The van der Waals surface area contributed by atoms with E-state index in [1.165, 1.54) is 0 Å². The first-order valence-electron chi connectivity index (χ1n) is 5.56. The SMILES string of the molecule is CC(C)(C)OC(=O)c1cc(C=O)cc([B-](F)(F)F)c1.[K+]. The molecule has 1 aromatic rings. The fraction of sp³-hybridized carbons (Fsp3) is 0.333. The molecule has 0 saturated heterocycles. The van der Waals surface area contributed by atoms with Gasteiger partial charge in [-0.2, -0.15) is 0 Å². The minimum absolute atomic E-state index is 0. The Morgan fingerprint density at radius 2 is 1.75 bits per heavy atom. The topological polar surface area (TPSA) is 43.4 Å². The van der Waals surface area contributed by atoms with Crippen molar-refractivity contribution in [3.63, 3.8) is 0 Å². The number of rotatable bonds is 3. The Balaban J connectivity index is 0.00000361. The van der Waals surface area contributed by atoms with Crippen molar-refractivity contribution >= 4 is 24.7 Å². The minimum Gasteiger partial charge on any atom is -0.456 e. The Bertz CT molecular complexity index is 510. The van der Waals surface area contributed by atoms with Crippen molar-refractivity contribution in [2.24, 2.45) is 0 Å². The van der Waals surface area contributed by atoms with Crippen molar-refractivity contribution in [1.29, 1.82) is 0 Å². The molecular formula is C12H13BF3KO3. The summed E-state index contributed by atoms with van der Waals surface area (Å²) in [5, 5.41) is 0. The van der Waals surface area contributed by atoms with Gasteiger partial charge in [-0.3, -0.25) is 4.79 Å². The van der Waals surface area contributed by atoms with Gasteiger partial charge in [-0.15, -0.1) is 5.46 Å². The summed E-state index contributed by atoms with van der Waals surface area (Å²) < 4.78 is 43.0. The average molecular weight is 312 g/mol. The zero-order valence-electron chi connectivity index (χ0n) is 11.7. The molecule has 0 saturated carbocycles. The van der Waals surface area contributed by atoms with Crippen LogP contribution in [-0.4, -0.2) is 24.8 Å². The van der Waals surface area contributed by atoms with Crippen LogP contribution >= 0.6 is 0 Å². The maximum atomic E-state index is 12.7. The molecule has 104 valence electrons. The van der Waals surface area contributed by atoms with E-state index < -0.39 is 24.0 Å². The Labute approximate surface area is 157 Å². The van der Waals surface area contributed by atoms with Gasteiger partial charge < -0.3 is 17.7 Å². The number of hydrogen-bond donors (Lipinski definition) is 0. The van der Waals surface area contributed by atoms with E-state index in [1.54, 1.807) is 20.8 Å². The van der Waals surface area contributed by atoms with Crippen LogP contribution in [0.2, 0.25) is 0 Å². The van der Waals surface area contributed by atoms with Gasteiger partial charge >= 0.3 is 64.3 Å². The summed E-state index contributed by atoms with van der Waals surface area (Å²) in [5.74, 6) is -0.891. The molecule has 8 heteroatoms. The van der Waals surface area contributed by atoms with Crippen molar-refractivity contribution in [2.75, 3.05) is 0 Å². The standard InChI is InChI=1S/C12H13BF3O3.K/c1-12(2,3)19-11(18)9-4-8(7-17)5-10(6-9)13(14,15)16;/h4-7H,1-3H3;/q-1;+1. The Hall–Kier alpha value is -0.149. The average Bonchev–Trinajstić information content (AvgIpc) is 2.25. The predicted octanol–water partition coefficient (Wildman–Crippen LogP) is -0.487. The van der Waals surface area contributed by atoms with E-state index in [9.17, 15) is 22.5 Å². The Kier molecular flexibility index (Phi) is 7.16. The van der Waals surface area contributed by atoms with E-state index in [1.807, 2.05) is 0 Å². The van der Waals surface area contributed by atoms with Crippen LogP contribution in [0.25, 0.3) is 0 Å². The monoisotopic (exact) mass is 312 g/mol. The van der Waals surface area contributed by atoms with Crippen molar-refractivity contribution in [2.45, 2.75) is 26.4 Å². The molecule has 0 spiro atoms. The summed E-state index contributed by atoms with van der Waals surface area (Å²) in [5.41, 5.74) is -2.31. The van der Waals surface area contributed by atoms with Gasteiger partial charge in [0.1, 0.15) is 11.9 Å². The summed E-state index contributed by atoms with van der Waals surface area (Å²) >= 11 is 0. The number of benzene rings is 1. The summed E-state index contributed by atoms with van der Waals surface area (Å²) in [6, 6.07) is 2.48. The minimum atomic E-state index is -5.28. The van der Waals surface area contributed by atoms with Gasteiger partial charge in [0.05, 0.1) is 5.56 Å². The number of hydrogen-bond acceptors (Lipinski definition) is 3. The zero-order chi connectivity index (χ0) is 14.8. The van der Waals surface area contributed by atoms with Crippen LogP contribution in [0.4, 0.5) is 12.9 Å². The van der Waals surface area contributed by atoms with Crippen LogP contribution < -0.4 is 56.8 Å². The van der Waals surface area contributed by atoms with Crippen LogP contribution in [0.5, 0.6) is 0 Å². The first kappa shape index (κ1) is 19.9. The van der Waals surface area contributed by atoms with Crippen molar-refractivity contribution in [3.8, 4) is 0 Å². The third-order valence-electron chi connectivity index (χ3n) is 2.13. The molecule has 0 radical (unpaired) electrons. The molecule has 0 aliphatic carbocycles. The third-order valence-corrected chi connectivity index (χ3v) is 2.13. The number of halogens is 3. The van der Waals surface area contributed by atoms with Gasteiger partial charge in [-0.25, -0.2) is 4.79 Å². The third kappa shape index (κ3) is 6.09. The van der Waals surface area contributed by atoms with Gasteiger partial charge in [-0.1, -0.05) is 12.1 Å². The van der Waals surface area contributed by atoms with E-state index >= 15 is 0 Å². The molecule has 0 aromatic heterocycles. The molecule has 1 aromatic carbocycles. The molecule has 0 unspecified atom stereocenters. The number of ether oxygens (including phenoxy) is 1. The molecule has 0 aliphatic heterocycles. The zero-order valence-corrected chi connectivity index (χ0v) is 14.9. The first-order valence-corrected chi connectivity index (χ1v) is 5.56. The van der Waals surface area contributed by atoms with Crippen LogP contribution in [-0.2, 0) is 4.74 Å². The summed E-state index contributed by atoms with van der Waals surface area (Å²) in [7, 11) is 0. The molecule has 0 amide bonds. The number of carbonyl (C=O) groups excluding carboxylic acids is 2. The maximum absolute atomic E-state index is 12.7. The Morgan fingerprint density at radius 1 is 1.20 bits per heavy atom. The van der Waals surface area contributed by atoms with Gasteiger partial charge in [0.2, 0.25) is 0 Å². The molecule has 0 bridgehead atoms. The molecule has 0 heterocycles. The molecule has 1 rings (SSSR count). The van der Waals surface area contributed by atoms with Crippen molar-refractivity contribution < 1.29 is 78.7 Å². The second-order valence-electron chi connectivity index (χ2n) is 5.08. The van der Waals surface area contributed by atoms with E-state index in [-0.39, 0.29) is 68.8 Å². The quantitative estimate of drug-likeness (QED) is 0.430. The van der Waals surface area contributed by atoms with Gasteiger partial charge in [0, 0.05) is 5.56 Å². The van der Waals surface area contributed by atoms with Gasteiger partial charge in [0.15, 0.2) is 0 Å². The van der Waals surface area contributed by atoms with E-state index in [0.717, 1.165) is 6.07 Å². The molecule has 20 heavy (non-hydrogen) atoms. The molecular weight excluding hydrogens is 299 g/mol. The second kappa shape index (κ2) is 7.22. The molecule has 0 fully saturated rings. The Morgan fingerprint density at radius 3 is 2.15 bits per heavy atom. The van der Waals surface area contributed by atoms with E-state index in [2.05, 4.69) is 0 Å². The van der Waals surface area contributed by atoms with Crippen LogP contribution in [0, 0.1) is 0 Å². The largest absolute Gasteiger partial charge is 1.00 e. The smallest absolute Gasteiger partial charge is 0.456 e. The van der Waals surface area contributed by atoms with Crippen molar-refractivity contribution in [3.05, 3.63) is 29.3 Å². The normalized spacial score (nSPS) is 11.5. The van der Waals surface area contributed by atoms with Gasteiger partial charge in [0.25, 0.3) is 0 Å². The number of aldehydes is 1. The van der Waals surface area contributed by atoms with E-state index in [4.69, 9.17) is 4.74 Å². The number of esters is 1. The van der Waals surface area contributed by atoms with E-state index in [0.29, 0.717) is 12.1 Å².